The molecule has 2 N–H and O–H groups in total. The van der Waals surface area contributed by atoms with E-state index in [1.165, 1.54) is 5.56 Å². The summed E-state index contributed by atoms with van der Waals surface area (Å²) in [5.74, 6) is -0.721. The Balaban J connectivity index is 1.93. The van der Waals surface area contributed by atoms with Gasteiger partial charge in [-0.1, -0.05) is 49.4 Å². The molecule has 2 aromatic rings. The predicted molar refractivity (Wildman–Crippen MR) is 90.9 cm³/mol. The van der Waals surface area contributed by atoms with Gasteiger partial charge in [0.1, 0.15) is 5.75 Å². The van der Waals surface area contributed by atoms with E-state index in [1.807, 2.05) is 42.5 Å². The van der Waals surface area contributed by atoms with E-state index in [1.54, 1.807) is 12.1 Å². The number of nitrogens with one attached hydrogen (secondary N) is 1. The maximum absolute atomic E-state index is 12.1. The minimum absolute atomic E-state index is 0.158. The van der Waals surface area contributed by atoms with Crippen LogP contribution in [0.5, 0.6) is 5.75 Å². The topological polar surface area (TPSA) is 75.6 Å². The van der Waals surface area contributed by atoms with E-state index in [-0.39, 0.29) is 18.9 Å². The molecular formula is C19H21NO4. The van der Waals surface area contributed by atoms with Gasteiger partial charge < -0.3 is 15.2 Å². The van der Waals surface area contributed by atoms with Gasteiger partial charge in [0, 0.05) is 0 Å². The minimum atomic E-state index is -0.972. The van der Waals surface area contributed by atoms with Gasteiger partial charge in [0.05, 0.1) is 12.5 Å². The summed E-state index contributed by atoms with van der Waals surface area (Å²) in [6, 6.07) is 16.0. The van der Waals surface area contributed by atoms with Gasteiger partial charge in [0.2, 0.25) is 0 Å². The first kappa shape index (κ1) is 17.5. The molecule has 1 amide bonds. The second-order valence-electron chi connectivity index (χ2n) is 5.41. The van der Waals surface area contributed by atoms with Crippen LogP contribution in [-0.4, -0.2) is 23.6 Å². The molecule has 2 aromatic carbocycles. The van der Waals surface area contributed by atoms with Crippen LogP contribution < -0.4 is 10.1 Å². The van der Waals surface area contributed by atoms with Crippen molar-refractivity contribution in [3.8, 4) is 5.75 Å². The molecule has 24 heavy (non-hydrogen) atoms. The highest BCUT2D eigenvalue weighted by atomic mass is 16.5. The van der Waals surface area contributed by atoms with Crippen LogP contribution in [0.2, 0.25) is 0 Å². The molecule has 5 nitrogen and oxygen atoms in total. The summed E-state index contributed by atoms with van der Waals surface area (Å²) in [7, 11) is 0. The molecule has 0 aliphatic heterocycles. The van der Waals surface area contributed by atoms with Crippen LogP contribution in [0.4, 0.5) is 0 Å². The Kier molecular flexibility index (Phi) is 6.37. The molecule has 0 aromatic heterocycles. The normalized spacial score (nSPS) is 11.5. The van der Waals surface area contributed by atoms with Crippen molar-refractivity contribution in [2.24, 2.45) is 0 Å². The molecule has 0 saturated heterocycles. The fourth-order valence-corrected chi connectivity index (χ4v) is 2.32. The van der Waals surface area contributed by atoms with Crippen LogP contribution >= 0.6 is 0 Å². The van der Waals surface area contributed by atoms with Gasteiger partial charge in [-0.15, -0.1) is 0 Å². The number of rotatable bonds is 8. The zero-order valence-electron chi connectivity index (χ0n) is 13.6. The molecule has 0 bridgehead atoms. The number of hydrogen-bond donors (Lipinski definition) is 2. The first-order valence-corrected chi connectivity index (χ1v) is 7.86. The van der Waals surface area contributed by atoms with Gasteiger partial charge in [0.25, 0.3) is 5.91 Å². The number of benzene rings is 2. The number of amides is 1. The first-order chi connectivity index (χ1) is 11.6. The summed E-state index contributed by atoms with van der Waals surface area (Å²) in [5.41, 5.74) is 1.94. The lowest BCUT2D eigenvalue weighted by Crippen LogP contribution is -2.33. The molecule has 0 spiro atoms. The fraction of sp³-hybridized carbons (Fsp3) is 0.263. The Bertz CT molecular complexity index is 668. The van der Waals surface area contributed by atoms with E-state index in [0.717, 1.165) is 12.0 Å². The molecule has 5 heteroatoms. The Hall–Kier alpha value is -2.82. The van der Waals surface area contributed by atoms with Gasteiger partial charge in [-0.25, -0.2) is 0 Å². The van der Waals surface area contributed by atoms with E-state index < -0.39 is 12.0 Å². The van der Waals surface area contributed by atoms with Crippen LogP contribution in [-0.2, 0) is 16.0 Å². The van der Waals surface area contributed by atoms with Crippen molar-refractivity contribution in [2.75, 3.05) is 6.61 Å². The lowest BCUT2D eigenvalue weighted by atomic mass is 10.0. The molecule has 0 aliphatic carbocycles. The standard InChI is InChI=1S/C19H21NO4/c1-2-14-8-10-16(11-9-14)24-13-18(21)20-17(12-19(22)23)15-6-4-3-5-7-15/h3-11,17H,2,12-13H2,1H3,(H,20,21)(H,22,23). The van der Waals surface area contributed by atoms with Crippen LogP contribution in [0.3, 0.4) is 0 Å². The fourth-order valence-electron chi connectivity index (χ4n) is 2.32. The first-order valence-electron chi connectivity index (χ1n) is 7.86. The smallest absolute Gasteiger partial charge is 0.305 e. The molecule has 0 heterocycles. The monoisotopic (exact) mass is 327 g/mol. The van der Waals surface area contributed by atoms with Gasteiger partial charge in [0.15, 0.2) is 6.61 Å². The molecule has 0 radical (unpaired) electrons. The van der Waals surface area contributed by atoms with Crippen molar-refractivity contribution in [1.82, 2.24) is 5.32 Å². The molecule has 0 fully saturated rings. The van der Waals surface area contributed by atoms with E-state index in [2.05, 4.69) is 12.2 Å². The Morgan fingerprint density at radius 3 is 2.33 bits per heavy atom. The molecular weight excluding hydrogens is 306 g/mol. The lowest BCUT2D eigenvalue weighted by molar-refractivity contribution is -0.137. The number of carboxylic acids is 1. The lowest BCUT2D eigenvalue weighted by Gasteiger charge is -2.17. The van der Waals surface area contributed by atoms with Crippen LogP contribution in [0.15, 0.2) is 54.6 Å². The number of aliphatic carboxylic acids is 1. The van der Waals surface area contributed by atoms with Crippen molar-refractivity contribution >= 4 is 11.9 Å². The van der Waals surface area contributed by atoms with Gasteiger partial charge in [-0.3, -0.25) is 9.59 Å². The van der Waals surface area contributed by atoms with Crippen LogP contribution in [0.1, 0.15) is 30.5 Å². The predicted octanol–water partition coefficient (Wildman–Crippen LogP) is 2.96. The SMILES string of the molecule is CCc1ccc(OCC(=O)NC(CC(=O)O)c2ccccc2)cc1. The molecule has 126 valence electrons. The number of hydrogen-bond acceptors (Lipinski definition) is 3. The third-order valence-electron chi connectivity index (χ3n) is 3.62. The average molecular weight is 327 g/mol. The van der Waals surface area contributed by atoms with Gasteiger partial charge in [-0.2, -0.15) is 0 Å². The Labute approximate surface area is 141 Å². The number of carboxylic acid groups (broad SMARTS) is 1. The molecule has 0 aliphatic rings. The molecule has 0 saturated carbocycles. The number of ether oxygens (including phenoxy) is 1. The Morgan fingerprint density at radius 1 is 1.08 bits per heavy atom. The average Bonchev–Trinajstić information content (AvgIpc) is 2.60. The van der Waals surface area contributed by atoms with Crippen molar-refractivity contribution in [3.05, 3.63) is 65.7 Å². The highest BCUT2D eigenvalue weighted by Crippen LogP contribution is 2.17. The van der Waals surface area contributed by atoms with E-state index in [9.17, 15) is 9.59 Å². The molecule has 1 atom stereocenters. The van der Waals surface area contributed by atoms with Crippen molar-refractivity contribution in [2.45, 2.75) is 25.8 Å². The van der Waals surface area contributed by atoms with E-state index in [0.29, 0.717) is 5.75 Å². The highest BCUT2D eigenvalue weighted by molar-refractivity contribution is 5.79. The van der Waals surface area contributed by atoms with E-state index in [4.69, 9.17) is 9.84 Å². The summed E-state index contributed by atoms with van der Waals surface area (Å²) in [6.45, 7) is 1.91. The minimum Gasteiger partial charge on any atom is -0.484 e. The van der Waals surface area contributed by atoms with Crippen molar-refractivity contribution in [3.63, 3.8) is 0 Å². The highest BCUT2D eigenvalue weighted by Gasteiger charge is 2.18. The summed E-state index contributed by atoms with van der Waals surface area (Å²) >= 11 is 0. The number of carbonyl (C=O) groups excluding carboxylic acids is 1. The number of aryl methyl sites for hydroxylation is 1. The second kappa shape index (κ2) is 8.72. The maximum Gasteiger partial charge on any atom is 0.305 e. The van der Waals surface area contributed by atoms with Gasteiger partial charge >= 0.3 is 5.97 Å². The number of carbonyl (C=O) groups is 2. The third kappa shape index (κ3) is 5.43. The zero-order valence-corrected chi connectivity index (χ0v) is 13.6. The molecule has 1 unspecified atom stereocenters. The van der Waals surface area contributed by atoms with Crippen molar-refractivity contribution < 1.29 is 19.4 Å². The largest absolute Gasteiger partial charge is 0.484 e. The summed E-state index contributed by atoms with van der Waals surface area (Å²) in [4.78, 5) is 23.1. The van der Waals surface area contributed by atoms with Gasteiger partial charge in [-0.05, 0) is 29.7 Å². The summed E-state index contributed by atoms with van der Waals surface area (Å²) in [5, 5.41) is 11.7. The van der Waals surface area contributed by atoms with E-state index >= 15 is 0 Å². The quantitative estimate of drug-likeness (QED) is 0.781. The Morgan fingerprint density at radius 2 is 1.75 bits per heavy atom. The van der Waals surface area contributed by atoms with Crippen LogP contribution in [0, 0.1) is 0 Å². The van der Waals surface area contributed by atoms with Crippen molar-refractivity contribution in [1.29, 1.82) is 0 Å². The second-order valence-corrected chi connectivity index (χ2v) is 5.41. The summed E-state index contributed by atoms with van der Waals surface area (Å²) in [6.07, 6.45) is 0.760. The zero-order chi connectivity index (χ0) is 17.4. The van der Waals surface area contributed by atoms with Crippen LogP contribution in [0.25, 0.3) is 0 Å². The molecule has 2 rings (SSSR count). The summed E-state index contributed by atoms with van der Waals surface area (Å²) < 4.78 is 5.45. The third-order valence-corrected chi connectivity index (χ3v) is 3.62. The maximum atomic E-state index is 12.1.